The second kappa shape index (κ2) is 8.53. The van der Waals surface area contributed by atoms with Crippen LogP contribution in [0.15, 0.2) is 36.4 Å². The molecule has 0 aromatic heterocycles. The first kappa shape index (κ1) is 20.9. The molecule has 2 rings (SSSR count). The molecule has 2 atom stereocenters. The quantitative estimate of drug-likeness (QED) is 0.375. The van der Waals surface area contributed by atoms with E-state index in [1.54, 1.807) is 0 Å². The van der Waals surface area contributed by atoms with Gasteiger partial charge in [-0.1, -0.05) is 58.0 Å². The van der Waals surface area contributed by atoms with Gasteiger partial charge in [-0.2, -0.15) is 0 Å². The first-order valence-corrected chi connectivity index (χ1v) is 12.6. The molecule has 1 aromatic carbocycles. The summed E-state index contributed by atoms with van der Waals surface area (Å²) in [6.07, 6.45) is 6.99. The van der Waals surface area contributed by atoms with Crippen molar-refractivity contribution < 1.29 is 14.0 Å². The molecule has 0 fully saturated rings. The zero-order chi connectivity index (χ0) is 19.4. The zero-order valence-corrected chi connectivity index (χ0v) is 18.2. The molecule has 144 valence electrons. The Morgan fingerprint density at radius 1 is 1.15 bits per heavy atom. The Hall–Kier alpha value is -1.39. The molecular weight excluding hydrogens is 340 g/mol. The van der Waals surface area contributed by atoms with Crippen LogP contribution < -0.4 is 0 Å². The van der Waals surface area contributed by atoms with Crippen molar-refractivity contribution in [2.24, 2.45) is 5.92 Å². The molecule has 0 radical (unpaired) electrons. The van der Waals surface area contributed by atoms with Crippen molar-refractivity contribution in [3.05, 3.63) is 47.5 Å². The number of hydrogen-bond acceptors (Lipinski definition) is 3. The van der Waals surface area contributed by atoms with E-state index < -0.39 is 8.32 Å². The number of carbonyl (C=O) groups is 1. The van der Waals surface area contributed by atoms with E-state index in [0.717, 1.165) is 24.8 Å². The van der Waals surface area contributed by atoms with Crippen LogP contribution in [0, 0.1) is 5.92 Å². The molecule has 1 aromatic rings. The molecule has 1 aliphatic heterocycles. The van der Waals surface area contributed by atoms with Crippen LogP contribution in [0.25, 0.3) is 0 Å². The van der Waals surface area contributed by atoms with Crippen molar-refractivity contribution in [3.63, 3.8) is 0 Å². The summed E-state index contributed by atoms with van der Waals surface area (Å²) in [5.41, 5.74) is 1.70. The summed E-state index contributed by atoms with van der Waals surface area (Å²) in [4.78, 5) is 12.5. The van der Waals surface area contributed by atoms with Gasteiger partial charge in [0, 0.05) is 6.42 Å². The SMILES string of the molecule is C[C@@H]1C/C=C\Cc2ccccc2C(=O)OCC[C@@H]1O[Si](C)(C)C(C)(C)C. The number of ether oxygens (including phenoxy) is 1. The smallest absolute Gasteiger partial charge is 0.338 e. The van der Waals surface area contributed by atoms with Crippen LogP contribution in [0.5, 0.6) is 0 Å². The van der Waals surface area contributed by atoms with Gasteiger partial charge in [0.2, 0.25) is 0 Å². The van der Waals surface area contributed by atoms with Gasteiger partial charge in [0.15, 0.2) is 8.32 Å². The van der Waals surface area contributed by atoms with Crippen molar-refractivity contribution in [1.29, 1.82) is 0 Å². The summed E-state index contributed by atoms with van der Waals surface area (Å²) in [6.45, 7) is 14.0. The minimum atomic E-state index is -1.86. The maximum atomic E-state index is 12.5. The van der Waals surface area contributed by atoms with E-state index >= 15 is 0 Å². The Balaban J connectivity index is 2.17. The van der Waals surface area contributed by atoms with E-state index in [9.17, 15) is 4.79 Å². The molecule has 0 amide bonds. The van der Waals surface area contributed by atoms with Crippen LogP contribution in [0.3, 0.4) is 0 Å². The Labute approximate surface area is 159 Å². The lowest BCUT2D eigenvalue weighted by molar-refractivity contribution is 0.0387. The van der Waals surface area contributed by atoms with Gasteiger partial charge in [0.1, 0.15) is 0 Å². The number of hydrogen-bond donors (Lipinski definition) is 0. The predicted molar refractivity (Wildman–Crippen MR) is 110 cm³/mol. The van der Waals surface area contributed by atoms with Crippen molar-refractivity contribution in [3.8, 4) is 0 Å². The topological polar surface area (TPSA) is 35.5 Å². The highest BCUT2D eigenvalue weighted by molar-refractivity contribution is 6.74. The maximum Gasteiger partial charge on any atom is 0.338 e. The number of fused-ring (bicyclic) bond motifs is 1. The molecule has 4 heteroatoms. The van der Waals surface area contributed by atoms with E-state index in [2.05, 4.69) is 52.9 Å². The van der Waals surface area contributed by atoms with Crippen molar-refractivity contribution >= 4 is 14.3 Å². The standard InChI is InChI=1S/C22H34O3Si/c1-17-11-7-8-12-18-13-9-10-14-19(18)21(23)24-16-15-20(17)25-26(5,6)22(2,3)4/h7-10,13-14,17,20H,11-12,15-16H2,1-6H3/b8-7-/t17-,20+/m1/s1. The van der Waals surface area contributed by atoms with Crippen molar-refractivity contribution in [1.82, 2.24) is 0 Å². The van der Waals surface area contributed by atoms with E-state index in [1.807, 2.05) is 24.3 Å². The van der Waals surface area contributed by atoms with Crippen LogP contribution in [-0.2, 0) is 15.6 Å². The molecule has 0 aliphatic carbocycles. The van der Waals surface area contributed by atoms with Gasteiger partial charge in [-0.3, -0.25) is 0 Å². The van der Waals surface area contributed by atoms with Crippen molar-refractivity contribution in [2.45, 2.75) is 71.2 Å². The lowest BCUT2D eigenvalue weighted by atomic mass is 9.97. The molecule has 0 saturated carbocycles. The third-order valence-electron chi connectivity index (χ3n) is 5.77. The van der Waals surface area contributed by atoms with E-state index in [0.29, 0.717) is 18.1 Å². The molecule has 26 heavy (non-hydrogen) atoms. The second-order valence-corrected chi connectivity index (χ2v) is 13.6. The van der Waals surface area contributed by atoms with Gasteiger partial charge in [-0.25, -0.2) is 4.79 Å². The molecular formula is C22H34O3Si. The van der Waals surface area contributed by atoms with Gasteiger partial charge >= 0.3 is 5.97 Å². The van der Waals surface area contributed by atoms with Crippen LogP contribution in [0.2, 0.25) is 18.1 Å². The minimum Gasteiger partial charge on any atom is -0.462 e. The Kier molecular flexibility index (Phi) is 6.86. The molecule has 0 spiro atoms. The van der Waals surface area contributed by atoms with Gasteiger partial charge in [0.05, 0.1) is 18.3 Å². The zero-order valence-electron chi connectivity index (χ0n) is 17.2. The summed E-state index contributed by atoms with van der Waals surface area (Å²) < 4.78 is 12.3. The average Bonchev–Trinajstić information content (AvgIpc) is 2.55. The number of cyclic esters (lactones) is 1. The Bertz CT molecular complexity index is 643. The van der Waals surface area contributed by atoms with E-state index in [1.165, 1.54) is 0 Å². The van der Waals surface area contributed by atoms with Gasteiger partial charge < -0.3 is 9.16 Å². The van der Waals surface area contributed by atoms with Crippen LogP contribution in [-0.4, -0.2) is 27.0 Å². The highest BCUT2D eigenvalue weighted by atomic mass is 28.4. The highest BCUT2D eigenvalue weighted by Gasteiger charge is 2.40. The van der Waals surface area contributed by atoms with E-state index in [-0.39, 0.29) is 17.1 Å². The first-order chi connectivity index (χ1) is 12.1. The predicted octanol–water partition coefficient (Wildman–Crippen LogP) is 5.76. The first-order valence-electron chi connectivity index (χ1n) is 9.69. The number of allylic oxidation sites excluding steroid dienone is 2. The highest BCUT2D eigenvalue weighted by Crippen LogP contribution is 2.38. The summed E-state index contributed by atoms with van der Waals surface area (Å²) in [7, 11) is -1.86. The molecule has 0 bridgehead atoms. The third kappa shape index (κ3) is 5.30. The fourth-order valence-electron chi connectivity index (χ4n) is 2.93. The Morgan fingerprint density at radius 3 is 2.54 bits per heavy atom. The molecule has 0 N–H and O–H groups in total. The maximum absolute atomic E-state index is 12.5. The summed E-state index contributed by atoms with van der Waals surface area (Å²) in [5, 5.41) is 0.169. The summed E-state index contributed by atoms with van der Waals surface area (Å²) >= 11 is 0. The van der Waals surface area contributed by atoms with Crippen LogP contribution in [0.1, 0.15) is 56.5 Å². The monoisotopic (exact) mass is 374 g/mol. The third-order valence-corrected chi connectivity index (χ3v) is 10.3. The average molecular weight is 375 g/mol. The number of esters is 1. The van der Waals surface area contributed by atoms with Crippen LogP contribution in [0.4, 0.5) is 0 Å². The second-order valence-electron chi connectivity index (χ2n) is 8.89. The minimum absolute atomic E-state index is 0.114. The van der Waals surface area contributed by atoms with Gasteiger partial charge in [-0.15, -0.1) is 0 Å². The number of carbonyl (C=O) groups excluding carboxylic acids is 1. The number of benzene rings is 1. The lowest BCUT2D eigenvalue weighted by Crippen LogP contribution is -2.45. The summed E-state index contributed by atoms with van der Waals surface area (Å²) in [6, 6.07) is 7.71. The normalized spacial score (nSPS) is 24.0. The lowest BCUT2D eigenvalue weighted by Gasteiger charge is -2.41. The molecule has 1 heterocycles. The summed E-state index contributed by atoms with van der Waals surface area (Å²) in [5.74, 6) is 0.169. The number of rotatable bonds is 2. The fourth-order valence-corrected chi connectivity index (χ4v) is 4.39. The van der Waals surface area contributed by atoms with Gasteiger partial charge in [-0.05, 0) is 48.5 Å². The van der Waals surface area contributed by atoms with Gasteiger partial charge in [0.25, 0.3) is 0 Å². The molecule has 0 unspecified atom stereocenters. The molecule has 0 saturated heterocycles. The fraction of sp³-hybridized carbons (Fsp3) is 0.591. The van der Waals surface area contributed by atoms with Crippen LogP contribution >= 0.6 is 0 Å². The van der Waals surface area contributed by atoms with E-state index in [4.69, 9.17) is 9.16 Å². The van der Waals surface area contributed by atoms with Crippen molar-refractivity contribution in [2.75, 3.05) is 6.61 Å². The largest absolute Gasteiger partial charge is 0.462 e. The molecule has 1 aliphatic rings. The Morgan fingerprint density at radius 2 is 1.85 bits per heavy atom. The molecule has 3 nitrogen and oxygen atoms in total.